The molecule has 0 unspecified atom stereocenters. The first-order valence-electron chi connectivity index (χ1n) is 7.21. The van der Waals surface area contributed by atoms with E-state index >= 15 is 0 Å². The second-order valence-corrected chi connectivity index (χ2v) is 7.50. The second-order valence-electron chi connectivity index (χ2n) is 5.00. The van der Waals surface area contributed by atoms with E-state index < -0.39 is 10.0 Å². The number of anilines is 1. The lowest BCUT2D eigenvalue weighted by Gasteiger charge is -2.14. The number of halogens is 2. The van der Waals surface area contributed by atoms with E-state index in [0.29, 0.717) is 12.2 Å². The van der Waals surface area contributed by atoms with Crippen LogP contribution in [0.15, 0.2) is 41.3 Å². The van der Waals surface area contributed by atoms with Crippen molar-refractivity contribution < 1.29 is 23.0 Å². The molecule has 25 heavy (non-hydrogen) atoms. The monoisotopic (exact) mass is 405 g/mol. The molecule has 2 rings (SSSR count). The van der Waals surface area contributed by atoms with Crippen molar-refractivity contribution in [2.45, 2.75) is 11.5 Å². The van der Waals surface area contributed by atoms with E-state index in [1.807, 2.05) is 0 Å². The van der Waals surface area contributed by atoms with Gasteiger partial charge in [-0.15, -0.1) is 0 Å². The Morgan fingerprint density at radius 2 is 1.88 bits per heavy atom. The number of hydrogen-bond donors (Lipinski definition) is 2. The van der Waals surface area contributed by atoms with Crippen LogP contribution in [0, 0.1) is 0 Å². The summed E-state index contributed by atoms with van der Waals surface area (Å²) in [6.45, 7) is 0.267. The normalized spacial score (nSPS) is 11.4. The highest BCUT2D eigenvalue weighted by Gasteiger charge is 2.21. The molecule has 0 aromatic heterocycles. The van der Waals surface area contributed by atoms with Gasteiger partial charge in [-0.25, -0.2) is 8.42 Å². The van der Waals surface area contributed by atoms with Crippen molar-refractivity contribution in [2.24, 2.45) is 0 Å². The van der Waals surface area contributed by atoms with Crippen LogP contribution in [0.2, 0.25) is 10.0 Å². The molecule has 9 heteroatoms. The fraction of sp³-hybridized carbons (Fsp3) is 0.250. The van der Waals surface area contributed by atoms with E-state index in [9.17, 15) is 8.42 Å². The number of benzene rings is 2. The summed E-state index contributed by atoms with van der Waals surface area (Å²) in [6, 6.07) is 8.78. The quantitative estimate of drug-likeness (QED) is 0.657. The highest BCUT2D eigenvalue weighted by atomic mass is 35.5. The summed E-state index contributed by atoms with van der Waals surface area (Å²) < 4.78 is 38.2. The summed E-state index contributed by atoms with van der Waals surface area (Å²) >= 11 is 11.9. The minimum Gasteiger partial charge on any atom is -0.490 e. The third-order valence-electron chi connectivity index (χ3n) is 3.22. The molecule has 0 saturated heterocycles. The highest BCUT2D eigenvalue weighted by molar-refractivity contribution is 7.92. The van der Waals surface area contributed by atoms with E-state index in [4.69, 9.17) is 37.8 Å². The number of sulfonamides is 1. The number of aliphatic hydroxyl groups excluding tert-OH is 1. The van der Waals surface area contributed by atoms with Crippen LogP contribution in [0.4, 0.5) is 5.69 Å². The number of ether oxygens (including phenoxy) is 2. The van der Waals surface area contributed by atoms with Gasteiger partial charge in [0.15, 0.2) is 0 Å². The van der Waals surface area contributed by atoms with Crippen LogP contribution in [0.5, 0.6) is 5.75 Å². The smallest absolute Gasteiger partial charge is 0.265 e. The summed E-state index contributed by atoms with van der Waals surface area (Å²) in [5, 5.41) is 9.64. The molecule has 0 aliphatic heterocycles. The number of nitrogens with one attached hydrogen (secondary N) is 1. The molecular weight excluding hydrogens is 389 g/mol. The molecule has 0 heterocycles. The lowest BCUT2D eigenvalue weighted by Crippen LogP contribution is -2.15. The Hall–Kier alpha value is -1.51. The highest BCUT2D eigenvalue weighted by Crippen LogP contribution is 2.30. The van der Waals surface area contributed by atoms with Crippen LogP contribution in [-0.2, 0) is 21.4 Å². The van der Waals surface area contributed by atoms with Crippen LogP contribution in [0.1, 0.15) is 5.56 Å². The Kier molecular flexibility index (Phi) is 6.92. The predicted octanol–water partition coefficient (Wildman–Crippen LogP) is 3.31. The van der Waals surface area contributed by atoms with Crippen LogP contribution in [-0.4, -0.2) is 33.8 Å². The molecule has 0 saturated carbocycles. The number of rotatable bonds is 8. The van der Waals surface area contributed by atoms with Gasteiger partial charge >= 0.3 is 0 Å². The first kappa shape index (κ1) is 19.8. The minimum absolute atomic E-state index is 0.0986. The van der Waals surface area contributed by atoms with E-state index in [-0.39, 0.29) is 39.6 Å². The van der Waals surface area contributed by atoms with Crippen molar-refractivity contribution in [1.82, 2.24) is 0 Å². The maximum atomic E-state index is 12.7. The maximum absolute atomic E-state index is 12.7. The topological polar surface area (TPSA) is 84.9 Å². The van der Waals surface area contributed by atoms with Crippen molar-refractivity contribution in [3.05, 3.63) is 52.0 Å². The van der Waals surface area contributed by atoms with Gasteiger partial charge in [0, 0.05) is 17.2 Å². The van der Waals surface area contributed by atoms with Crippen molar-refractivity contribution >= 4 is 38.9 Å². The Balaban J connectivity index is 2.32. The molecule has 0 fully saturated rings. The Morgan fingerprint density at radius 3 is 2.52 bits per heavy atom. The van der Waals surface area contributed by atoms with Crippen LogP contribution in [0.25, 0.3) is 0 Å². The van der Waals surface area contributed by atoms with Crippen LogP contribution in [0.3, 0.4) is 0 Å². The van der Waals surface area contributed by atoms with Gasteiger partial charge in [0.05, 0.1) is 18.9 Å². The fourth-order valence-electron chi connectivity index (χ4n) is 2.00. The van der Waals surface area contributed by atoms with E-state index in [1.165, 1.54) is 43.5 Å². The lowest BCUT2D eigenvalue weighted by atomic mass is 10.2. The summed E-state index contributed by atoms with van der Waals surface area (Å²) in [5.74, 6) is 0.159. The molecule has 2 N–H and O–H groups in total. The summed E-state index contributed by atoms with van der Waals surface area (Å²) in [6.07, 6.45) is 0. The zero-order valence-electron chi connectivity index (χ0n) is 13.3. The van der Waals surface area contributed by atoms with Crippen LogP contribution >= 0.6 is 23.2 Å². The molecule has 136 valence electrons. The first-order valence-corrected chi connectivity index (χ1v) is 9.44. The average Bonchev–Trinajstić information content (AvgIpc) is 2.56. The Morgan fingerprint density at radius 1 is 1.12 bits per heavy atom. The Bertz CT molecular complexity index is 842. The number of hydrogen-bond acceptors (Lipinski definition) is 5. The lowest BCUT2D eigenvalue weighted by molar-refractivity contribution is 0.144. The van der Waals surface area contributed by atoms with Gasteiger partial charge in [-0.05, 0) is 35.9 Å². The molecule has 0 aliphatic rings. The number of aliphatic hydroxyl groups is 1. The SMILES string of the molecule is COCCOc1ccc(Cl)cc1S(=O)(=O)Nc1ccc(CO)c(Cl)c1. The third kappa shape index (κ3) is 5.23. The van der Waals surface area contributed by atoms with Gasteiger partial charge in [0.1, 0.15) is 17.3 Å². The molecule has 0 amide bonds. The zero-order chi connectivity index (χ0) is 18.4. The molecule has 2 aromatic rings. The summed E-state index contributed by atoms with van der Waals surface area (Å²) in [7, 11) is -2.44. The van der Waals surface area contributed by atoms with Gasteiger partial charge in [-0.1, -0.05) is 29.3 Å². The van der Waals surface area contributed by atoms with Gasteiger partial charge < -0.3 is 14.6 Å². The van der Waals surface area contributed by atoms with Gasteiger partial charge in [-0.2, -0.15) is 0 Å². The molecule has 0 spiro atoms. The van der Waals surface area contributed by atoms with Crippen molar-refractivity contribution in [1.29, 1.82) is 0 Å². The van der Waals surface area contributed by atoms with Gasteiger partial charge in [0.2, 0.25) is 0 Å². The number of methoxy groups -OCH3 is 1. The Labute approximate surface area is 156 Å². The molecule has 0 aliphatic carbocycles. The van der Waals surface area contributed by atoms with E-state index in [0.717, 1.165) is 0 Å². The second kappa shape index (κ2) is 8.73. The minimum atomic E-state index is -3.96. The standard InChI is InChI=1S/C16H17Cl2NO5S/c1-23-6-7-24-15-5-3-12(17)8-16(15)25(21,22)19-13-4-2-11(10-20)14(18)9-13/h2-5,8-9,19-20H,6-7,10H2,1H3. The predicted molar refractivity (Wildman–Crippen MR) is 97.0 cm³/mol. The van der Waals surface area contributed by atoms with Crippen LogP contribution < -0.4 is 9.46 Å². The zero-order valence-corrected chi connectivity index (χ0v) is 15.7. The summed E-state index contributed by atoms with van der Waals surface area (Å²) in [4.78, 5) is -0.0986. The molecule has 0 bridgehead atoms. The molecule has 0 radical (unpaired) electrons. The van der Waals surface area contributed by atoms with Crippen molar-refractivity contribution in [3.63, 3.8) is 0 Å². The maximum Gasteiger partial charge on any atom is 0.265 e. The van der Waals surface area contributed by atoms with Gasteiger partial charge in [0.25, 0.3) is 10.0 Å². The molecule has 6 nitrogen and oxygen atoms in total. The van der Waals surface area contributed by atoms with E-state index in [2.05, 4.69) is 4.72 Å². The average molecular weight is 406 g/mol. The van der Waals surface area contributed by atoms with Crippen molar-refractivity contribution in [2.75, 3.05) is 25.0 Å². The fourth-order valence-corrected chi connectivity index (χ4v) is 3.69. The van der Waals surface area contributed by atoms with E-state index in [1.54, 1.807) is 0 Å². The molecule has 0 atom stereocenters. The summed E-state index contributed by atoms with van der Waals surface area (Å²) in [5.41, 5.74) is 0.751. The molecular formula is C16H17Cl2NO5S. The van der Waals surface area contributed by atoms with Crippen molar-refractivity contribution in [3.8, 4) is 5.75 Å². The first-order chi connectivity index (χ1) is 11.9. The molecule has 2 aromatic carbocycles. The van der Waals surface area contributed by atoms with Gasteiger partial charge in [-0.3, -0.25) is 4.72 Å². The largest absolute Gasteiger partial charge is 0.490 e. The third-order valence-corrected chi connectivity index (χ3v) is 5.21.